The van der Waals surface area contributed by atoms with Crippen LogP contribution in [0.2, 0.25) is 10.0 Å². The number of rotatable bonds is 2. The number of hydrogen-bond donors (Lipinski definition) is 1. The Hall–Kier alpha value is -0.910. The van der Waals surface area contributed by atoms with Crippen LogP contribution < -0.4 is 0 Å². The van der Waals surface area contributed by atoms with Crippen molar-refractivity contribution in [3.8, 4) is 0 Å². The summed E-state index contributed by atoms with van der Waals surface area (Å²) in [6, 6.07) is 3.45. The Labute approximate surface area is 129 Å². The largest absolute Gasteiger partial charge is 0.389 e. The van der Waals surface area contributed by atoms with E-state index in [0.29, 0.717) is 28.8 Å². The first-order valence-corrected chi connectivity index (χ1v) is 7.29. The number of ether oxygens (including phenoxy) is 1. The van der Waals surface area contributed by atoms with Gasteiger partial charge in [-0.2, -0.15) is 13.2 Å². The maximum atomic E-state index is 12.4. The molecule has 0 spiro atoms. The van der Waals surface area contributed by atoms with Crippen molar-refractivity contribution in [1.29, 1.82) is 0 Å². The zero-order chi connectivity index (χ0) is 15.2. The van der Waals surface area contributed by atoms with E-state index in [9.17, 15) is 13.2 Å². The highest BCUT2D eigenvalue weighted by molar-refractivity contribution is 6.45. The molecule has 7 heteroatoms. The average molecular weight is 338 g/mol. The number of halogens is 5. The fourth-order valence-electron chi connectivity index (χ4n) is 2.75. The van der Waals surface area contributed by atoms with Gasteiger partial charge in [-0.3, -0.25) is 0 Å². The molecule has 3 rings (SSSR count). The van der Waals surface area contributed by atoms with Crippen LogP contribution in [0.5, 0.6) is 0 Å². The number of hydrogen-bond acceptors (Lipinski definition) is 1. The standard InChI is InChI=1S/C14H12Cl2F3NO/c15-8-1-2-9-11(12(8)16)7-4-6-21-10(13(7)20-9)3-5-14(17,18)19/h1-2,10,20H,3-6H2. The lowest BCUT2D eigenvalue weighted by Crippen LogP contribution is -2.18. The molecular weight excluding hydrogens is 326 g/mol. The number of fused-ring (bicyclic) bond motifs is 3. The molecule has 1 aliphatic heterocycles. The zero-order valence-corrected chi connectivity index (χ0v) is 12.4. The van der Waals surface area contributed by atoms with Crippen LogP contribution in [0.15, 0.2) is 12.1 Å². The Kier molecular flexibility index (Phi) is 3.84. The normalized spacial score (nSPS) is 19.0. The van der Waals surface area contributed by atoms with Gasteiger partial charge < -0.3 is 9.72 Å². The van der Waals surface area contributed by atoms with Crippen LogP contribution in [-0.4, -0.2) is 17.8 Å². The monoisotopic (exact) mass is 337 g/mol. The minimum Gasteiger partial charge on any atom is -0.372 e. The Morgan fingerprint density at radius 2 is 2.05 bits per heavy atom. The maximum Gasteiger partial charge on any atom is 0.389 e. The molecular formula is C14H12Cl2F3NO. The molecule has 1 aromatic heterocycles. The van der Waals surface area contributed by atoms with Crippen molar-refractivity contribution in [3.05, 3.63) is 33.4 Å². The first kappa shape index (κ1) is 15.0. The first-order chi connectivity index (χ1) is 9.87. The quantitative estimate of drug-likeness (QED) is 0.776. The third-order valence-corrected chi connectivity index (χ3v) is 4.48. The molecule has 0 amide bonds. The second-order valence-electron chi connectivity index (χ2n) is 5.06. The average Bonchev–Trinajstić information content (AvgIpc) is 2.79. The molecule has 0 aliphatic carbocycles. The van der Waals surface area contributed by atoms with Gasteiger partial charge in [0.1, 0.15) is 0 Å². The minimum absolute atomic E-state index is 0.103. The van der Waals surface area contributed by atoms with Gasteiger partial charge in [0, 0.05) is 23.0 Å². The molecule has 2 heterocycles. The van der Waals surface area contributed by atoms with Crippen LogP contribution in [0.3, 0.4) is 0 Å². The molecule has 0 bridgehead atoms. The predicted octanol–water partition coefficient (Wildman–Crippen LogP) is 5.43. The number of benzene rings is 1. The van der Waals surface area contributed by atoms with E-state index in [1.54, 1.807) is 12.1 Å². The molecule has 0 saturated carbocycles. The maximum absolute atomic E-state index is 12.4. The van der Waals surface area contributed by atoms with E-state index in [-0.39, 0.29) is 6.42 Å². The van der Waals surface area contributed by atoms with Crippen molar-refractivity contribution >= 4 is 34.1 Å². The Balaban J connectivity index is 2.00. The lowest BCUT2D eigenvalue weighted by molar-refractivity contribution is -0.142. The van der Waals surface area contributed by atoms with Gasteiger partial charge in [-0.1, -0.05) is 23.2 Å². The summed E-state index contributed by atoms with van der Waals surface area (Å²) in [5, 5.41) is 1.66. The van der Waals surface area contributed by atoms with E-state index in [4.69, 9.17) is 27.9 Å². The molecule has 2 aromatic rings. The van der Waals surface area contributed by atoms with Crippen LogP contribution in [0, 0.1) is 0 Å². The van der Waals surface area contributed by atoms with Crippen LogP contribution in [-0.2, 0) is 11.2 Å². The van der Waals surface area contributed by atoms with E-state index < -0.39 is 18.7 Å². The summed E-state index contributed by atoms with van der Waals surface area (Å²) in [6.07, 6.45) is -5.14. The van der Waals surface area contributed by atoms with Gasteiger partial charge in [0.2, 0.25) is 0 Å². The number of alkyl halides is 3. The van der Waals surface area contributed by atoms with Gasteiger partial charge in [-0.15, -0.1) is 0 Å². The number of aromatic amines is 1. The Bertz CT molecular complexity index is 681. The fourth-order valence-corrected chi connectivity index (χ4v) is 3.18. The molecule has 1 N–H and O–H groups in total. The summed E-state index contributed by atoms with van der Waals surface area (Å²) < 4.78 is 42.7. The number of nitrogens with one attached hydrogen (secondary N) is 1. The zero-order valence-electron chi connectivity index (χ0n) is 10.9. The molecule has 114 valence electrons. The van der Waals surface area contributed by atoms with Crippen LogP contribution in [0.1, 0.15) is 30.2 Å². The fraction of sp³-hybridized carbons (Fsp3) is 0.429. The molecule has 21 heavy (non-hydrogen) atoms. The number of aromatic nitrogens is 1. The van der Waals surface area contributed by atoms with Gasteiger partial charge in [0.25, 0.3) is 0 Å². The van der Waals surface area contributed by atoms with Crippen LogP contribution in [0.25, 0.3) is 10.9 Å². The molecule has 1 atom stereocenters. The Morgan fingerprint density at radius 3 is 2.76 bits per heavy atom. The molecule has 0 radical (unpaired) electrons. The van der Waals surface area contributed by atoms with E-state index >= 15 is 0 Å². The molecule has 1 unspecified atom stereocenters. The second kappa shape index (κ2) is 5.38. The van der Waals surface area contributed by atoms with Gasteiger partial charge in [-0.05, 0) is 30.5 Å². The SMILES string of the molecule is FC(F)(F)CCC1OCCc2c1[nH]c1ccc(Cl)c(Cl)c21. The van der Waals surface area contributed by atoms with Gasteiger partial charge in [0.15, 0.2) is 0 Å². The second-order valence-corrected chi connectivity index (χ2v) is 5.85. The summed E-state index contributed by atoms with van der Waals surface area (Å²) in [4.78, 5) is 3.13. The lowest BCUT2D eigenvalue weighted by Gasteiger charge is -2.24. The third-order valence-electron chi connectivity index (χ3n) is 3.67. The minimum atomic E-state index is -4.19. The van der Waals surface area contributed by atoms with E-state index in [1.807, 2.05) is 0 Å². The lowest BCUT2D eigenvalue weighted by atomic mass is 9.99. The van der Waals surface area contributed by atoms with Crippen molar-refractivity contribution in [2.75, 3.05) is 6.61 Å². The van der Waals surface area contributed by atoms with Crippen molar-refractivity contribution in [2.45, 2.75) is 31.5 Å². The van der Waals surface area contributed by atoms with Crippen molar-refractivity contribution < 1.29 is 17.9 Å². The Morgan fingerprint density at radius 1 is 1.29 bits per heavy atom. The number of H-pyrrole nitrogens is 1. The highest BCUT2D eigenvalue weighted by Crippen LogP contribution is 2.41. The van der Waals surface area contributed by atoms with Gasteiger partial charge in [0.05, 0.1) is 22.8 Å². The van der Waals surface area contributed by atoms with Gasteiger partial charge >= 0.3 is 6.18 Å². The molecule has 0 saturated heterocycles. The molecule has 1 aliphatic rings. The summed E-state index contributed by atoms with van der Waals surface area (Å²) in [7, 11) is 0. The summed E-state index contributed by atoms with van der Waals surface area (Å²) in [5.74, 6) is 0. The van der Waals surface area contributed by atoms with E-state index in [1.165, 1.54) is 0 Å². The molecule has 2 nitrogen and oxygen atoms in total. The van der Waals surface area contributed by atoms with Crippen molar-refractivity contribution in [2.24, 2.45) is 0 Å². The topological polar surface area (TPSA) is 25.0 Å². The van der Waals surface area contributed by atoms with Crippen molar-refractivity contribution in [1.82, 2.24) is 4.98 Å². The summed E-state index contributed by atoms with van der Waals surface area (Å²) >= 11 is 12.2. The smallest absolute Gasteiger partial charge is 0.372 e. The predicted molar refractivity (Wildman–Crippen MR) is 76.0 cm³/mol. The first-order valence-electron chi connectivity index (χ1n) is 6.53. The van der Waals surface area contributed by atoms with E-state index in [0.717, 1.165) is 16.5 Å². The van der Waals surface area contributed by atoms with E-state index in [2.05, 4.69) is 4.98 Å². The van der Waals surface area contributed by atoms with Crippen LogP contribution in [0.4, 0.5) is 13.2 Å². The molecule has 1 aromatic carbocycles. The highest BCUT2D eigenvalue weighted by atomic mass is 35.5. The summed E-state index contributed by atoms with van der Waals surface area (Å²) in [6.45, 7) is 0.380. The van der Waals surface area contributed by atoms with Crippen molar-refractivity contribution in [3.63, 3.8) is 0 Å². The molecule has 0 fully saturated rings. The third kappa shape index (κ3) is 2.87. The van der Waals surface area contributed by atoms with Gasteiger partial charge in [-0.25, -0.2) is 0 Å². The highest BCUT2D eigenvalue weighted by Gasteiger charge is 2.32. The summed E-state index contributed by atoms with van der Waals surface area (Å²) in [5.41, 5.74) is 2.37. The van der Waals surface area contributed by atoms with Crippen LogP contribution >= 0.6 is 23.2 Å².